The third-order valence-corrected chi connectivity index (χ3v) is 2.38. The molecule has 1 aromatic rings. The minimum Gasteiger partial charge on any atom is -0.493 e. The average molecular weight is 191 g/mol. The lowest BCUT2D eigenvalue weighted by Gasteiger charge is -2.07. The summed E-state index contributed by atoms with van der Waals surface area (Å²) in [5, 5.41) is 12.2. The van der Waals surface area contributed by atoms with E-state index in [4.69, 9.17) is 9.94 Å². The maximum atomic E-state index is 8.89. The maximum Gasteiger partial charge on any atom is 0.128 e. The highest BCUT2D eigenvalue weighted by atomic mass is 16.5. The van der Waals surface area contributed by atoms with Gasteiger partial charge in [0.2, 0.25) is 0 Å². The summed E-state index contributed by atoms with van der Waals surface area (Å²) < 4.78 is 5.54. The second kappa shape index (κ2) is 3.70. The van der Waals surface area contributed by atoms with Gasteiger partial charge in [0.25, 0.3) is 0 Å². The molecule has 0 aliphatic carbocycles. The molecule has 0 fully saturated rings. The minimum atomic E-state index is 0.690. The fourth-order valence-corrected chi connectivity index (χ4v) is 1.66. The molecule has 0 spiro atoms. The van der Waals surface area contributed by atoms with Crippen molar-refractivity contribution in [3.8, 4) is 5.75 Å². The van der Waals surface area contributed by atoms with Gasteiger partial charge in [-0.05, 0) is 31.9 Å². The van der Waals surface area contributed by atoms with Gasteiger partial charge < -0.3 is 9.94 Å². The number of oxime groups is 1. The summed E-state index contributed by atoms with van der Waals surface area (Å²) in [6.07, 6.45) is 1.67. The predicted molar refractivity (Wildman–Crippen MR) is 54.2 cm³/mol. The summed E-state index contributed by atoms with van der Waals surface area (Å²) in [6.45, 7) is 2.70. The summed E-state index contributed by atoms with van der Waals surface area (Å²) in [6, 6.07) is 5.93. The summed E-state index contributed by atoms with van der Waals surface area (Å²) in [5.74, 6) is 0.820. The lowest BCUT2D eigenvalue weighted by molar-refractivity contribution is 0.314. The van der Waals surface area contributed by atoms with E-state index in [0.29, 0.717) is 6.61 Å². The molecule has 1 aliphatic rings. The number of rotatable bonds is 0. The summed E-state index contributed by atoms with van der Waals surface area (Å²) in [4.78, 5) is 0. The van der Waals surface area contributed by atoms with Crippen LogP contribution in [-0.2, 0) is 0 Å². The molecule has 1 heterocycles. The van der Waals surface area contributed by atoms with Crippen LogP contribution in [0.3, 0.4) is 0 Å². The Bertz CT molecular complexity index is 372. The van der Waals surface area contributed by atoms with Crippen LogP contribution in [0.5, 0.6) is 5.75 Å². The van der Waals surface area contributed by atoms with Gasteiger partial charge >= 0.3 is 0 Å². The third kappa shape index (κ3) is 1.58. The first-order chi connectivity index (χ1) is 6.81. The normalized spacial score (nSPS) is 18.5. The lowest BCUT2D eigenvalue weighted by atomic mass is 10.0. The molecular weight excluding hydrogens is 178 g/mol. The molecule has 74 valence electrons. The number of hydrogen-bond acceptors (Lipinski definition) is 3. The fourth-order valence-electron chi connectivity index (χ4n) is 1.66. The Hall–Kier alpha value is -1.51. The van der Waals surface area contributed by atoms with E-state index in [-0.39, 0.29) is 0 Å². The van der Waals surface area contributed by atoms with Crippen molar-refractivity contribution in [3.63, 3.8) is 0 Å². The zero-order valence-electron chi connectivity index (χ0n) is 8.16. The highest BCUT2D eigenvalue weighted by Crippen LogP contribution is 2.25. The smallest absolute Gasteiger partial charge is 0.128 e. The predicted octanol–water partition coefficient (Wildman–Crippen LogP) is 2.35. The van der Waals surface area contributed by atoms with Crippen molar-refractivity contribution in [2.45, 2.75) is 19.8 Å². The molecule has 0 saturated heterocycles. The van der Waals surface area contributed by atoms with Crippen molar-refractivity contribution in [1.82, 2.24) is 0 Å². The molecule has 0 bridgehead atoms. The number of ether oxygens (including phenoxy) is 1. The van der Waals surface area contributed by atoms with Crippen molar-refractivity contribution < 1.29 is 9.94 Å². The molecule has 1 aromatic carbocycles. The van der Waals surface area contributed by atoms with Crippen molar-refractivity contribution in [2.24, 2.45) is 5.16 Å². The van der Waals surface area contributed by atoms with Gasteiger partial charge in [-0.15, -0.1) is 0 Å². The average Bonchev–Trinajstić information content (AvgIpc) is 2.39. The van der Waals surface area contributed by atoms with Crippen molar-refractivity contribution in [2.75, 3.05) is 6.61 Å². The van der Waals surface area contributed by atoms with Gasteiger partial charge in [-0.2, -0.15) is 0 Å². The second-order valence-electron chi connectivity index (χ2n) is 3.50. The molecule has 0 radical (unpaired) electrons. The number of hydrogen-bond donors (Lipinski definition) is 1. The van der Waals surface area contributed by atoms with Gasteiger partial charge in [-0.25, -0.2) is 0 Å². The van der Waals surface area contributed by atoms with E-state index >= 15 is 0 Å². The van der Waals surface area contributed by atoms with E-state index in [1.807, 2.05) is 25.1 Å². The van der Waals surface area contributed by atoms with Gasteiger partial charge in [-0.3, -0.25) is 0 Å². The Balaban J connectivity index is 2.51. The van der Waals surface area contributed by atoms with Gasteiger partial charge in [0.05, 0.1) is 12.3 Å². The standard InChI is InChI=1S/C11H13NO2/c1-8-4-5-11-9(7-8)10(12-13)3-2-6-14-11/h4-5,7,13H,2-3,6H2,1H3/b12-10+. The van der Waals surface area contributed by atoms with Crippen LogP contribution in [0.1, 0.15) is 24.0 Å². The van der Waals surface area contributed by atoms with Crippen molar-refractivity contribution >= 4 is 5.71 Å². The molecule has 0 atom stereocenters. The quantitative estimate of drug-likeness (QED) is 0.505. The minimum absolute atomic E-state index is 0.690. The first-order valence-electron chi connectivity index (χ1n) is 4.76. The first-order valence-corrected chi connectivity index (χ1v) is 4.76. The largest absolute Gasteiger partial charge is 0.493 e. The maximum absolute atomic E-state index is 8.89. The van der Waals surface area contributed by atoms with Gasteiger partial charge in [0, 0.05) is 5.56 Å². The Morgan fingerprint density at radius 2 is 2.29 bits per heavy atom. The SMILES string of the molecule is Cc1ccc2c(c1)/C(=N/O)CCCO2. The Morgan fingerprint density at radius 1 is 1.43 bits per heavy atom. The van der Waals surface area contributed by atoms with Crippen LogP contribution in [0.2, 0.25) is 0 Å². The Labute approximate surface area is 83.0 Å². The summed E-state index contributed by atoms with van der Waals surface area (Å²) in [5.41, 5.74) is 2.79. The van der Waals surface area contributed by atoms with Gasteiger partial charge in [0.15, 0.2) is 0 Å². The summed E-state index contributed by atoms with van der Waals surface area (Å²) >= 11 is 0. The van der Waals surface area contributed by atoms with E-state index in [1.165, 1.54) is 0 Å². The number of benzene rings is 1. The zero-order valence-corrected chi connectivity index (χ0v) is 8.16. The van der Waals surface area contributed by atoms with Gasteiger partial charge in [0.1, 0.15) is 5.75 Å². The van der Waals surface area contributed by atoms with Crippen molar-refractivity contribution in [3.05, 3.63) is 29.3 Å². The monoisotopic (exact) mass is 191 g/mol. The Kier molecular flexibility index (Phi) is 2.39. The van der Waals surface area contributed by atoms with Crippen molar-refractivity contribution in [1.29, 1.82) is 0 Å². The topological polar surface area (TPSA) is 41.8 Å². The molecule has 0 amide bonds. The molecule has 0 aromatic heterocycles. The van der Waals surface area contributed by atoms with Crippen LogP contribution >= 0.6 is 0 Å². The van der Waals surface area contributed by atoms with E-state index in [0.717, 1.165) is 35.4 Å². The molecule has 1 N–H and O–H groups in total. The van der Waals surface area contributed by atoms with E-state index in [2.05, 4.69) is 5.16 Å². The second-order valence-corrected chi connectivity index (χ2v) is 3.50. The zero-order chi connectivity index (χ0) is 9.97. The third-order valence-electron chi connectivity index (χ3n) is 2.38. The van der Waals surface area contributed by atoms with Crippen LogP contribution in [0.15, 0.2) is 23.4 Å². The molecular formula is C11H13NO2. The molecule has 1 aliphatic heterocycles. The number of fused-ring (bicyclic) bond motifs is 1. The van der Waals surface area contributed by atoms with Gasteiger partial charge in [-0.1, -0.05) is 16.8 Å². The molecule has 0 saturated carbocycles. The van der Waals surface area contributed by atoms with Crippen LogP contribution in [0, 0.1) is 6.92 Å². The molecule has 3 heteroatoms. The molecule has 0 unspecified atom stereocenters. The fraction of sp³-hybridized carbons (Fsp3) is 0.364. The van der Waals surface area contributed by atoms with E-state index < -0.39 is 0 Å². The highest BCUT2D eigenvalue weighted by molar-refractivity contribution is 6.02. The van der Waals surface area contributed by atoms with Crippen LogP contribution in [0.4, 0.5) is 0 Å². The first kappa shape index (κ1) is 9.06. The molecule has 14 heavy (non-hydrogen) atoms. The molecule has 3 nitrogen and oxygen atoms in total. The lowest BCUT2D eigenvalue weighted by Crippen LogP contribution is -1.99. The summed E-state index contributed by atoms with van der Waals surface area (Å²) in [7, 11) is 0. The highest BCUT2D eigenvalue weighted by Gasteiger charge is 2.15. The van der Waals surface area contributed by atoms with Crippen LogP contribution in [-0.4, -0.2) is 17.5 Å². The van der Waals surface area contributed by atoms with E-state index in [9.17, 15) is 0 Å². The Morgan fingerprint density at radius 3 is 3.07 bits per heavy atom. The number of nitrogens with zero attached hydrogens (tertiary/aromatic N) is 1. The van der Waals surface area contributed by atoms with Crippen LogP contribution < -0.4 is 4.74 Å². The molecule has 2 rings (SSSR count). The van der Waals surface area contributed by atoms with E-state index in [1.54, 1.807) is 0 Å². The van der Waals surface area contributed by atoms with Crippen LogP contribution in [0.25, 0.3) is 0 Å². The number of aryl methyl sites for hydroxylation is 1.